The zero-order valence-corrected chi connectivity index (χ0v) is 13.3. The molecule has 2 aromatic rings. The molecule has 0 saturated heterocycles. The molecule has 23 heavy (non-hydrogen) atoms. The van der Waals surface area contributed by atoms with Gasteiger partial charge in [-0.1, -0.05) is 60.7 Å². The summed E-state index contributed by atoms with van der Waals surface area (Å²) in [5.74, 6) is 0. The number of nitrogens with zero attached hydrogens (tertiary/aromatic N) is 1. The highest BCUT2D eigenvalue weighted by Crippen LogP contribution is 2.19. The van der Waals surface area contributed by atoms with E-state index in [0.717, 1.165) is 16.8 Å². The van der Waals surface area contributed by atoms with Gasteiger partial charge in [0.1, 0.15) is 6.61 Å². The monoisotopic (exact) mass is 324 g/mol. The molecule has 0 bridgehead atoms. The summed E-state index contributed by atoms with van der Waals surface area (Å²) in [6.45, 7) is 0.617. The Morgan fingerprint density at radius 3 is 2.70 bits per heavy atom. The van der Waals surface area contributed by atoms with Gasteiger partial charge in [0.05, 0.1) is 10.8 Å². The number of thiocarbonyl (C=S) groups is 1. The smallest absolute Gasteiger partial charge is 0.407 e. The number of aliphatic imine (C=N–C) groups is 1. The number of hydrogen-bond acceptors (Lipinski definition) is 4. The average Bonchev–Trinajstić information content (AvgIpc) is 2.59. The van der Waals surface area contributed by atoms with E-state index in [1.54, 1.807) is 0 Å². The normalized spacial score (nSPS) is 10.1. The topological polar surface area (TPSA) is 50.7 Å². The third-order valence-corrected chi connectivity index (χ3v) is 3.07. The summed E-state index contributed by atoms with van der Waals surface area (Å²) >= 11 is 4.62. The SMILES string of the molecule is O=C(NCC=Cc1ccccc1N=C=S)OCc1ccccc1. The minimum atomic E-state index is -0.455. The standard InChI is InChI=1S/C18H16N2O2S/c21-18(22-13-15-7-2-1-3-8-15)19-12-6-10-16-9-4-5-11-17(16)20-14-23/h1-11H,12-13H2,(H,19,21). The third-order valence-electron chi connectivity index (χ3n) is 2.98. The van der Waals surface area contributed by atoms with Crippen molar-refractivity contribution in [2.24, 2.45) is 4.99 Å². The van der Waals surface area contributed by atoms with Gasteiger partial charge in [0.15, 0.2) is 0 Å². The van der Waals surface area contributed by atoms with E-state index in [4.69, 9.17) is 4.74 Å². The second-order valence-electron chi connectivity index (χ2n) is 4.61. The van der Waals surface area contributed by atoms with E-state index < -0.39 is 6.09 Å². The predicted octanol–water partition coefficient (Wildman–Crippen LogP) is 4.36. The van der Waals surface area contributed by atoms with Crippen molar-refractivity contribution in [3.63, 3.8) is 0 Å². The zero-order chi connectivity index (χ0) is 16.3. The molecular weight excluding hydrogens is 308 g/mol. The largest absolute Gasteiger partial charge is 0.445 e. The number of isothiocyanates is 1. The lowest BCUT2D eigenvalue weighted by Gasteiger charge is -2.05. The van der Waals surface area contributed by atoms with E-state index in [0.29, 0.717) is 6.54 Å². The number of alkyl carbamates (subject to hydrolysis) is 1. The first-order chi connectivity index (χ1) is 11.3. The van der Waals surface area contributed by atoms with Gasteiger partial charge < -0.3 is 10.1 Å². The number of rotatable bonds is 6. The molecule has 0 heterocycles. The first kappa shape index (κ1) is 16.6. The van der Waals surface area contributed by atoms with E-state index in [1.807, 2.05) is 66.7 Å². The van der Waals surface area contributed by atoms with E-state index in [9.17, 15) is 4.79 Å². The summed E-state index contributed by atoms with van der Waals surface area (Å²) < 4.78 is 5.12. The summed E-state index contributed by atoms with van der Waals surface area (Å²) in [6, 6.07) is 17.1. The minimum absolute atomic E-state index is 0.253. The van der Waals surface area contributed by atoms with Crippen molar-refractivity contribution in [1.29, 1.82) is 0 Å². The number of hydrogen-bond donors (Lipinski definition) is 1. The molecule has 0 atom stereocenters. The highest BCUT2D eigenvalue weighted by Gasteiger charge is 2.00. The van der Waals surface area contributed by atoms with Crippen LogP contribution in [0.3, 0.4) is 0 Å². The minimum Gasteiger partial charge on any atom is -0.445 e. The van der Waals surface area contributed by atoms with Crippen LogP contribution in [0.2, 0.25) is 0 Å². The van der Waals surface area contributed by atoms with Crippen molar-refractivity contribution in [3.8, 4) is 0 Å². The molecule has 0 aromatic heterocycles. The van der Waals surface area contributed by atoms with Crippen LogP contribution >= 0.6 is 12.2 Å². The Labute approximate surface area is 140 Å². The van der Waals surface area contributed by atoms with Crippen LogP contribution in [0.25, 0.3) is 6.08 Å². The highest BCUT2D eigenvalue weighted by atomic mass is 32.1. The van der Waals surface area contributed by atoms with Gasteiger partial charge in [-0.15, -0.1) is 0 Å². The maximum absolute atomic E-state index is 11.6. The Kier molecular flexibility index (Phi) is 6.72. The molecule has 5 heteroatoms. The molecule has 0 saturated carbocycles. The van der Waals surface area contributed by atoms with Crippen LogP contribution in [-0.4, -0.2) is 17.8 Å². The molecule has 2 aromatic carbocycles. The van der Waals surface area contributed by atoms with Gasteiger partial charge in [0.25, 0.3) is 0 Å². The molecule has 4 nitrogen and oxygen atoms in total. The molecule has 116 valence electrons. The van der Waals surface area contributed by atoms with Crippen LogP contribution in [0, 0.1) is 0 Å². The van der Waals surface area contributed by atoms with E-state index in [1.165, 1.54) is 0 Å². The molecule has 0 unspecified atom stereocenters. The summed E-state index contributed by atoms with van der Waals surface area (Å²) in [4.78, 5) is 15.6. The van der Waals surface area contributed by atoms with Crippen LogP contribution in [-0.2, 0) is 11.3 Å². The van der Waals surface area contributed by atoms with Gasteiger partial charge in [-0.2, -0.15) is 4.99 Å². The Hall–Kier alpha value is -2.75. The summed E-state index contributed by atoms with van der Waals surface area (Å²) in [5, 5.41) is 5.01. The lowest BCUT2D eigenvalue weighted by molar-refractivity contribution is 0.141. The van der Waals surface area contributed by atoms with Crippen molar-refractivity contribution in [3.05, 3.63) is 71.8 Å². The molecule has 0 spiro atoms. The Morgan fingerprint density at radius 2 is 1.91 bits per heavy atom. The molecule has 0 fully saturated rings. The molecule has 1 N–H and O–H groups in total. The fraction of sp³-hybridized carbons (Fsp3) is 0.111. The fourth-order valence-corrected chi connectivity index (χ4v) is 1.98. The second-order valence-corrected chi connectivity index (χ2v) is 4.79. The van der Waals surface area contributed by atoms with Crippen molar-refractivity contribution >= 4 is 35.2 Å². The number of benzene rings is 2. The van der Waals surface area contributed by atoms with Gasteiger partial charge in [-0.3, -0.25) is 0 Å². The number of amides is 1. The van der Waals surface area contributed by atoms with Gasteiger partial charge in [-0.25, -0.2) is 4.79 Å². The third kappa shape index (κ3) is 5.87. The number of carbonyl (C=O) groups excluding carboxylic acids is 1. The molecular formula is C18H16N2O2S. The summed E-state index contributed by atoms with van der Waals surface area (Å²) in [7, 11) is 0. The highest BCUT2D eigenvalue weighted by molar-refractivity contribution is 7.78. The van der Waals surface area contributed by atoms with E-state index >= 15 is 0 Å². The predicted molar refractivity (Wildman–Crippen MR) is 94.8 cm³/mol. The van der Waals surface area contributed by atoms with Crippen LogP contribution in [0.4, 0.5) is 10.5 Å². The Balaban J connectivity index is 1.78. The number of ether oxygens (including phenoxy) is 1. The molecule has 2 rings (SSSR count). The first-order valence-electron chi connectivity index (χ1n) is 7.07. The second kappa shape index (κ2) is 9.30. The summed E-state index contributed by atoms with van der Waals surface area (Å²) in [6.07, 6.45) is 3.23. The van der Waals surface area contributed by atoms with E-state index in [2.05, 4.69) is 27.7 Å². The van der Waals surface area contributed by atoms with Gasteiger partial charge in [0.2, 0.25) is 0 Å². The fourth-order valence-electron chi connectivity index (χ4n) is 1.88. The van der Waals surface area contributed by atoms with E-state index in [-0.39, 0.29) is 6.61 Å². The lowest BCUT2D eigenvalue weighted by atomic mass is 10.1. The quantitative estimate of drug-likeness (QED) is 0.634. The maximum atomic E-state index is 11.6. The lowest BCUT2D eigenvalue weighted by Crippen LogP contribution is -2.24. The van der Waals surface area contributed by atoms with Gasteiger partial charge in [0, 0.05) is 12.1 Å². The van der Waals surface area contributed by atoms with Crippen LogP contribution < -0.4 is 5.32 Å². The van der Waals surface area contributed by atoms with Crippen molar-refractivity contribution in [2.75, 3.05) is 6.54 Å². The molecule has 1 amide bonds. The zero-order valence-electron chi connectivity index (χ0n) is 12.4. The number of nitrogens with one attached hydrogen (secondary N) is 1. The molecule has 0 aliphatic heterocycles. The van der Waals surface area contributed by atoms with Crippen LogP contribution in [0.15, 0.2) is 65.7 Å². The number of para-hydroxylation sites is 1. The Bertz CT molecular complexity index is 723. The van der Waals surface area contributed by atoms with Crippen LogP contribution in [0.5, 0.6) is 0 Å². The first-order valence-corrected chi connectivity index (χ1v) is 7.48. The molecule has 0 radical (unpaired) electrons. The van der Waals surface area contributed by atoms with Crippen molar-refractivity contribution in [2.45, 2.75) is 6.61 Å². The van der Waals surface area contributed by atoms with Crippen LogP contribution in [0.1, 0.15) is 11.1 Å². The maximum Gasteiger partial charge on any atom is 0.407 e. The molecule has 0 aliphatic carbocycles. The average molecular weight is 324 g/mol. The van der Waals surface area contributed by atoms with Crippen molar-refractivity contribution in [1.82, 2.24) is 5.32 Å². The Morgan fingerprint density at radius 1 is 1.17 bits per heavy atom. The van der Waals surface area contributed by atoms with Crippen molar-refractivity contribution < 1.29 is 9.53 Å². The molecule has 0 aliphatic rings. The number of carbonyl (C=O) groups is 1. The van der Waals surface area contributed by atoms with Gasteiger partial charge in [-0.05, 0) is 23.8 Å². The van der Waals surface area contributed by atoms with Gasteiger partial charge >= 0.3 is 6.09 Å². The summed E-state index contributed by atoms with van der Waals surface area (Å²) in [5.41, 5.74) is 2.60.